The molecule has 0 aliphatic carbocycles. The smallest absolute Gasteiger partial charge is 0.410 e. The van der Waals surface area contributed by atoms with Crippen LogP contribution in [0.5, 0.6) is 6.01 Å². The number of fused-ring (bicyclic) bond motifs is 3. The molecule has 3 saturated heterocycles. The fraction of sp³-hybridized carbons (Fsp3) is 0.680. The van der Waals surface area contributed by atoms with Gasteiger partial charge in [0.05, 0.1) is 23.0 Å². The predicted octanol–water partition coefficient (Wildman–Crippen LogP) is 4.05. The molecule has 35 heavy (non-hydrogen) atoms. The minimum Gasteiger partial charge on any atom is -0.462 e. The summed E-state index contributed by atoms with van der Waals surface area (Å²) in [6.07, 6.45) is 5.71. The molecule has 3 aliphatic rings. The Morgan fingerprint density at radius 1 is 1.17 bits per heavy atom. The number of hydrogen-bond donors (Lipinski definition) is 0. The lowest BCUT2D eigenvalue weighted by atomic mass is 10.1. The number of aryl methyl sites for hydroxylation is 1. The highest BCUT2D eigenvalue weighted by Crippen LogP contribution is 2.37. The molecule has 5 heterocycles. The van der Waals surface area contributed by atoms with Crippen molar-refractivity contribution in [1.82, 2.24) is 24.8 Å². The summed E-state index contributed by atoms with van der Waals surface area (Å²) in [5, 5.41) is 1.28. The van der Waals surface area contributed by atoms with Gasteiger partial charge in [-0.2, -0.15) is 9.97 Å². The van der Waals surface area contributed by atoms with Gasteiger partial charge in [0.15, 0.2) is 0 Å². The number of rotatable bonds is 4. The van der Waals surface area contributed by atoms with Crippen molar-refractivity contribution in [2.45, 2.75) is 77.1 Å². The Balaban J connectivity index is 1.43. The summed E-state index contributed by atoms with van der Waals surface area (Å²) in [5.41, 5.74) is 1.05. The van der Waals surface area contributed by atoms with E-state index in [0.717, 1.165) is 48.1 Å². The van der Waals surface area contributed by atoms with E-state index in [1.54, 1.807) is 6.20 Å². The van der Waals surface area contributed by atoms with Crippen LogP contribution in [0.4, 0.5) is 10.6 Å². The van der Waals surface area contributed by atoms with Gasteiger partial charge < -0.3 is 19.3 Å². The van der Waals surface area contributed by atoms with Crippen LogP contribution in [0.25, 0.3) is 10.9 Å². The van der Waals surface area contributed by atoms with Crippen LogP contribution in [0.3, 0.4) is 0 Å². The molecule has 0 radical (unpaired) electrons. The van der Waals surface area contributed by atoms with E-state index >= 15 is 0 Å². The number of likely N-dealkylation sites (tertiary alicyclic amines) is 1. The van der Waals surface area contributed by atoms with Gasteiger partial charge in [-0.1, -0.05) is 11.6 Å². The minimum atomic E-state index is -0.515. The van der Waals surface area contributed by atoms with Crippen molar-refractivity contribution < 1.29 is 14.3 Å². The van der Waals surface area contributed by atoms with Gasteiger partial charge in [0.1, 0.15) is 23.2 Å². The highest BCUT2D eigenvalue weighted by molar-refractivity contribution is 6.31. The Kier molecular flexibility index (Phi) is 6.42. The fourth-order valence-electron chi connectivity index (χ4n) is 5.51. The second kappa shape index (κ2) is 9.24. The maximum absolute atomic E-state index is 12.9. The van der Waals surface area contributed by atoms with E-state index in [9.17, 15) is 4.79 Å². The number of hydrogen-bond acceptors (Lipinski definition) is 8. The Bertz CT molecular complexity index is 1110. The number of amides is 1. The van der Waals surface area contributed by atoms with Crippen LogP contribution in [0.2, 0.25) is 5.15 Å². The molecule has 190 valence electrons. The van der Waals surface area contributed by atoms with Gasteiger partial charge in [-0.3, -0.25) is 4.90 Å². The highest BCUT2D eigenvalue weighted by Gasteiger charge is 2.45. The molecule has 0 aromatic carbocycles. The number of anilines is 1. The molecule has 3 fully saturated rings. The molecule has 0 N–H and O–H groups in total. The Morgan fingerprint density at radius 3 is 2.51 bits per heavy atom. The normalized spacial score (nSPS) is 24.9. The predicted molar refractivity (Wildman–Crippen MR) is 135 cm³/mol. The minimum absolute atomic E-state index is 0.0754. The topological polar surface area (TPSA) is 83.9 Å². The third-order valence-corrected chi connectivity index (χ3v) is 7.72. The van der Waals surface area contributed by atoms with Crippen LogP contribution in [-0.4, -0.2) is 87.9 Å². The van der Waals surface area contributed by atoms with Gasteiger partial charge in [0.25, 0.3) is 0 Å². The van der Waals surface area contributed by atoms with E-state index in [4.69, 9.17) is 31.0 Å². The lowest BCUT2D eigenvalue weighted by Crippen LogP contribution is -2.57. The molecular formula is C25H35ClN6O3. The Labute approximate surface area is 211 Å². The average molecular weight is 503 g/mol. The van der Waals surface area contributed by atoms with Gasteiger partial charge in [-0.05, 0) is 67.0 Å². The summed E-state index contributed by atoms with van der Waals surface area (Å²) in [7, 11) is 2.13. The summed E-state index contributed by atoms with van der Waals surface area (Å²) >= 11 is 6.35. The number of halogens is 1. The summed E-state index contributed by atoms with van der Waals surface area (Å²) in [6, 6.07) is 0.881. The van der Waals surface area contributed by atoms with Gasteiger partial charge >= 0.3 is 12.1 Å². The van der Waals surface area contributed by atoms with Crippen molar-refractivity contribution in [2.75, 3.05) is 38.2 Å². The summed E-state index contributed by atoms with van der Waals surface area (Å²) < 4.78 is 11.8. The monoisotopic (exact) mass is 502 g/mol. The number of aromatic nitrogens is 3. The maximum atomic E-state index is 12.9. The van der Waals surface area contributed by atoms with Crippen LogP contribution < -0.4 is 9.64 Å². The number of carbonyl (C=O) groups is 1. The first kappa shape index (κ1) is 24.3. The quantitative estimate of drug-likeness (QED) is 0.579. The summed E-state index contributed by atoms with van der Waals surface area (Å²) in [6.45, 7) is 10.6. The first-order chi connectivity index (χ1) is 16.6. The van der Waals surface area contributed by atoms with Gasteiger partial charge in [-0.25, -0.2) is 9.78 Å². The fourth-order valence-corrected chi connectivity index (χ4v) is 5.65. The van der Waals surface area contributed by atoms with E-state index in [2.05, 4.69) is 21.8 Å². The lowest BCUT2D eigenvalue weighted by molar-refractivity contribution is 0.0123. The van der Waals surface area contributed by atoms with Crippen molar-refractivity contribution in [3.63, 3.8) is 0 Å². The van der Waals surface area contributed by atoms with Crippen LogP contribution >= 0.6 is 11.6 Å². The van der Waals surface area contributed by atoms with Gasteiger partial charge in [0, 0.05) is 30.9 Å². The van der Waals surface area contributed by atoms with Crippen LogP contribution in [-0.2, 0) is 4.74 Å². The van der Waals surface area contributed by atoms with Crippen molar-refractivity contribution in [2.24, 2.45) is 0 Å². The average Bonchev–Trinajstić information content (AvgIpc) is 3.32. The zero-order valence-corrected chi connectivity index (χ0v) is 22.0. The van der Waals surface area contributed by atoms with Crippen LogP contribution in [0.1, 0.15) is 52.0 Å². The molecule has 1 amide bonds. The zero-order valence-electron chi connectivity index (χ0n) is 21.3. The molecule has 3 atom stereocenters. The van der Waals surface area contributed by atoms with E-state index in [1.807, 2.05) is 32.6 Å². The van der Waals surface area contributed by atoms with E-state index in [1.165, 1.54) is 6.42 Å². The van der Waals surface area contributed by atoms with Gasteiger partial charge in [-0.15, -0.1) is 0 Å². The number of nitrogens with zero attached hydrogens (tertiary/aromatic N) is 6. The molecule has 2 bridgehead atoms. The van der Waals surface area contributed by atoms with E-state index < -0.39 is 5.60 Å². The molecule has 10 heteroatoms. The third-order valence-electron chi connectivity index (χ3n) is 7.34. The second-order valence-electron chi connectivity index (χ2n) is 11.0. The summed E-state index contributed by atoms with van der Waals surface area (Å²) in [4.78, 5) is 33.4. The number of ether oxygens (including phenoxy) is 2. The second-order valence-corrected chi connectivity index (χ2v) is 11.4. The van der Waals surface area contributed by atoms with Crippen LogP contribution in [0.15, 0.2) is 6.20 Å². The molecule has 2 aromatic rings. The Morgan fingerprint density at radius 2 is 1.89 bits per heavy atom. The first-order valence-electron chi connectivity index (χ1n) is 12.5. The standard InChI is InChI=1S/C25H35ClN6O3/c1-15-20-19(11-27-21(15)26)22(29-23(28-20)34-14-18-7-6-10-30(18)5)31-12-16-8-9-17(13-31)32(16)24(33)35-25(2,3)4/h11,16-18H,6-10,12-14H2,1-5H3/t16?,17?,18-/m0/s1. The SMILES string of the molecule is Cc1c(Cl)ncc2c(N3CC4CCC(C3)N4C(=O)OC(C)(C)C)nc(OC[C@@H]3CCCN3C)nc12. The number of pyridine rings is 1. The molecule has 9 nitrogen and oxygen atoms in total. The van der Waals surface area contributed by atoms with Crippen molar-refractivity contribution in [1.29, 1.82) is 0 Å². The maximum Gasteiger partial charge on any atom is 0.410 e. The molecular weight excluding hydrogens is 468 g/mol. The first-order valence-corrected chi connectivity index (χ1v) is 12.9. The zero-order chi connectivity index (χ0) is 24.9. The molecule has 5 rings (SSSR count). The lowest BCUT2D eigenvalue weighted by Gasteiger charge is -2.42. The van der Waals surface area contributed by atoms with E-state index in [-0.39, 0.29) is 18.2 Å². The Hall–Kier alpha value is -2.39. The largest absolute Gasteiger partial charge is 0.462 e. The molecule has 2 unspecified atom stereocenters. The number of piperazine rings is 1. The number of likely N-dealkylation sites (N-methyl/N-ethyl adjacent to an activating group) is 1. The molecule has 0 spiro atoms. The molecule has 3 aliphatic heterocycles. The van der Waals surface area contributed by atoms with Crippen molar-refractivity contribution in [3.05, 3.63) is 16.9 Å². The highest BCUT2D eigenvalue weighted by atomic mass is 35.5. The number of carbonyl (C=O) groups excluding carboxylic acids is 1. The van der Waals surface area contributed by atoms with Gasteiger partial charge in [0.2, 0.25) is 0 Å². The van der Waals surface area contributed by atoms with E-state index in [0.29, 0.717) is 36.9 Å². The van der Waals surface area contributed by atoms with Crippen molar-refractivity contribution in [3.8, 4) is 6.01 Å². The van der Waals surface area contributed by atoms with Crippen molar-refractivity contribution >= 4 is 34.4 Å². The summed E-state index contributed by atoms with van der Waals surface area (Å²) in [5.74, 6) is 0.790. The van der Waals surface area contributed by atoms with Crippen LogP contribution in [0, 0.1) is 6.92 Å². The molecule has 2 aromatic heterocycles. The third kappa shape index (κ3) is 4.85. The molecule has 0 saturated carbocycles.